The zero-order valence-electron chi connectivity index (χ0n) is 10.7. The Hall–Kier alpha value is -2.28. The lowest BCUT2D eigenvalue weighted by Crippen LogP contribution is -2.30. The van der Waals surface area contributed by atoms with Gasteiger partial charge in [0, 0.05) is 17.6 Å². The zero-order chi connectivity index (χ0) is 13.9. The van der Waals surface area contributed by atoms with Gasteiger partial charge in [-0.2, -0.15) is 0 Å². The van der Waals surface area contributed by atoms with Gasteiger partial charge in [-0.15, -0.1) is 11.3 Å². The molecule has 6 nitrogen and oxygen atoms in total. The van der Waals surface area contributed by atoms with Gasteiger partial charge in [0.15, 0.2) is 22.7 Å². The second kappa shape index (κ2) is 5.38. The highest BCUT2D eigenvalue weighted by atomic mass is 32.1. The van der Waals surface area contributed by atoms with Gasteiger partial charge in [-0.05, 0) is 19.1 Å². The number of nitrogens with one attached hydrogen (secondary N) is 1. The Bertz CT molecular complexity index is 615. The minimum atomic E-state index is -0.640. The van der Waals surface area contributed by atoms with E-state index in [-0.39, 0.29) is 12.7 Å². The first-order valence-electron chi connectivity index (χ1n) is 5.99. The molecule has 1 atom stereocenters. The van der Waals surface area contributed by atoms with Gasteiger partial charge in [0.2, 0.25) is 6.79 Å². The van der Waals surface area contributed by atoms with Gasteiger partial charge < -0.3 is 14.2 Å². The summed E-state index contributed by atoms with van der Waals surface area (Å²) >= 11 is 1.36. The second-order valence-corrected chi connectivity index (χ2v) is 5.00. The molecule has 1 aromatic heterocycles. The van der Waals surface area contributed by atoms with Crippen molar-refractivity contribution in [2.75, 3.05) is 12.1 Å². The molecule has 0 saturated carbocycles. The minimum Gasteiger partial charge on any atom is -0.481 e. The van der Waals surface area contributed by atoms with Gasteiger partial charge in [0.05, 0.1) is 0 Å². The van der Waals surface area contributed by atoms with Crippen molar-refractivity contribution < 1.29 is 19.0 Å². The summed E-state index contributed by atoms with van der Waals surface area (Å²) in [6, 6.07) is 5.19. The maximum atomic E-state index is 11.9. The van der Waals surface area contributed by atoms with Crippen LogP contribution in [0.3, 0.4) is 0 Å². The summed E-state index contributed by atoms with van der Waals surface area (Å²) < 4.78 is 16.0. The third-order valence-corrected chi connectivity index (χ3v) is 3.38. The average Bonchev–Trinajstić information content (AvgIpc) is 3.08. The average molecular weight is 292 g/mol. The van der Waals surface area contributed by atoms with Crippen LogP contribution in [0.25, 0.3) is 0 Å². The maximum Gasteiger partial charge on any atom is 0.266 e. The van der Waals surface area contributed by atoms with Gasteiger partial charge in [0.25, 0.3) is 5.91 Å². The summed E-state index contributed by atoms with van der Waals surface area (Å²) in [5, 5.41) is 5.02. The van der Waals surface area contributed by atoms with Crippen molar-refractivity contribution >= 4 is 22.4 Å². The molecule has 0 spiro atoms. The standard InChI is InChI=1S/C13H12N2O4S/c1-8(12(16)15-13-14-4-5-20-13)19-9-2-3-10-11(6-9)18-7-17-10/h2-6,8H,7H2,1H3,(H,14,15,16)/t8-/m0/s1. The van der Waals surface area contributed by atoms with E-state index in [1.54, 1.807) is 36.7 Å². The quantitative estimate of drug-likeness (QED) is 0.936. The molecule has 0 bridgehead atoms. The van der Waals surface area contributed by atoms with Crippen LogP contribution in [-0.4, -0.2) is 23.8 Å². The molecular formula is C13H12N2O4S. The number of thiazole rings is 1. The van der Waals surface area contributed by atoms with E-state index in [1.807, 2.05) is 0 Å². The Labute approximate surface area is 119 Å². The third kappa shape index (κ3) is 2.67. The topological polar surface area (TPSA) is 69.7 Å². The van der Waals surface area contributed by atoms with Crippen LogP contribution < -0.4 is 19.5 Å². The van der Waals surface area contributed by atoms with Crippen LogP contribution in [0, 0.1) is 0 Å². The first-order chi connectivity index (χ1) is 9.72. The fourth-order valence-electron chi connectivity index (χ4n) is 1.70. The number of rotatable bonds is 4. The number of hydrogen-bond donors (Lipinski definition) is 1. The molecule has 104 valence electrons. The summed E-state index contributed by atoms with van der Waals surface area (Å²) in [5.41, 5.74) is 0. The summed E-state index contributed by atoms with van der Waals surface area (Å²) in [5.74, 6) is 1.60. The van der Waals surface area contributed by atoms with Crippen molar-refractivity contribution in [3.63, 3.8) is 0 Å². The molecule has 20 heavy (non-hydrogen) atoms. The zero-order valence-corrected chi connectivity index (χ0v) is 11.5. The molecule has 0 unspecified atom stereocenters. The molecule has 0 fully saturated rings. The molecule has 2 aromatic rings. The van der Waals surface area contributed by atoms with E-state index in [9.17, 15) is 4.79 Å². The molecule has 3 rings (SSSR count). The van der Waals surface area contributed by atoms with E-state index in [2.05, 4.69) is 10.3 Å². The van der Waals surface area contributed by atoms with Crippen LogP contribution in [0.5, 0.6) is 17.2 Å². The van der Waals surface area contributed by atoms with Crippen LogP contribution in [0.2, 0.25) is 0 Å². The molecule has 1 aliphatic heterocycles. The number of carbonyl (C=O) groups excluding carboxylic acids is 1. The molecule has 2 heterocycles. The summed E-state index contributed by atoms with van der Waals surface area (Å²) in [4.78, 5) is 15.9. The van der Waals surface area contributed by atoms with E-state index < -0.39 is 6.10 Å². The Kier molecular flexibility index (Phi) is 3.42. The van der Waals surface area contributed by atoms with Crippen molar-refractivity contribution in [1.82, 2.24) is 4.98 Å². The number of ether oxygens (including phenoxy) is 3. The number of carbonyl (C=O) groups is 1. The van der Waals surface area contributed by atoms with E-state index in [0.29, 0.717) is 22.4 Å². The lowest BCUT2D eigenvalue weighted by Gasteiger charge is -2.13. The van der Waals surface area contributed by atoms with Gasteiger partial charge in [-0.3, -0.25) is 10.1 Å². The predicted octanol–water partition coefficient (Wildman–Crippen LogP) is 2.28. The lowest BCUT2D eigenvalue weighted by atomic mass is 10.3. The van der Waals surface area contributed by atoms with Crippen LogP contribution in [-0.2, 0) is 4.79 Å². The van der Waals surface area contributed by atoms with Crippen LogP contribution in [0.4, 0.5) is 5.13 Å². The SMILES string of the molecule is C[C@H](Oc1ccc2c(c1)OCO2)C(=O)Nc1nccs1. The third-order valence-electron chi connectivity index (χ3n) is 2.69. The second-order valence-electron chi connectivity index (χ2n) is 4.10. The molecule has 1 N–H and O–H groups in total. The molecule has 1 amide bonds. The lowest BCUT2D eigenvalue weighted by molar-refractivity contribution is -0.122. The molecular weight excluding hydrogens is 280 g/mol. The van der Waals surface area contributed by atoms with Crippen molar-refractivity contribution in [1.29, 1.82) is 0 Å². The predicted molar refractivity (Wildman–Crippen MR) is 73.4 cm³/mol. The number of amides is 1. The molecule has 0 radical (unpaired) electrons. The van der Waals surface area contributed by atoms with E-state index in [4.69, 9.17) is 14.2 Å². The largest absolute Gasteiger partial charge is 0.481 e. The van der Waals surface area contributed by atoms with E-state index in [1.165, 1.54) is 11.3 Å². The highest BCUT2D eigenvalue weighted by molar-refractivity contribution is 7.13. The van der Waals surface area contributed by atoms with Gasteiger partial charge in [0.1, 0.15) is 5.75 Å². The number of fused-ring (bicyclic) bond motifs is 1. The van der Waals surface area contributed by atoms with Crippen molar-refractivity contribution in [2.24, 2.45) is 0 Å². The number of benzene rings is 1. The van der Waals surface area contributed by atoms with Gasteiger partial charge in [-0.25, -0.2) is 4.98 Å². The van der Waals surface area contributed by atoms with Crippen LogP contribution in [0.1, 0.15) is 6.92 Å². The smallest absolute Gasteiger partial charge is 0.266 e. The minimum absolute atomic E-state index is 0.207. The molecule has 1 aromatic carbocycles. The van der Waals surface area contributed by atoms with Crippen LogP contribution in [0.15, 0.2) is 29.8 Å². The summed E-state index contributed by atoms with van der Waals surface area (Å²) in [6.45, 7) is 1.88. The fourth-order valence-corrected chi connectivity index (χ4v) is 2.23. The number of aromatic nitrogens is 1. The first-order valence-corrected chi connectivity index (χ1v) is 6.87. The summed E-state index contributed by atoms with van der Waals surface area (Å²) in [7, 11) is 0. The van der Waals surface area contributed by atoms with Crippen molar-refractivity contribution in [2.45, 2.75) is 13.0 Å². The molecule has 0 saturated heterocycles. The van der Waals surface area contributed by atoms with E-state index in [0.717, 1.165) is 0 Å². The maximum absolute atomic E-state index is 11.9. The van der Waals surface area contributed by atoms with Crippen molar-refractivity contribution in [3.05, 3.63) is 29.8 Å². The number of nitrogens with zero attached hydrogens (tertiary/aromatic N) is 1. The van der Waals surface area contributed by atoms with Crippen molar-refractivity contribution in [3.8, 4) is 17.2 Å². The highest BCUT2D eigenvalue weighted by Gasteiger charge is 2.18. The normalized spacial score (nSPS) is 13.8. The Morgan fingerprint density at radius 1 is 1.45 bits per heavy atom. The Balaban J connectivity index is 1.63. The molecule has 7 heteroatoms. The Morgan fingerprint density at radius 2 is 2.30 bits per heavy atom. The summed E-state index contributed by atoms with van der Waals surface area (Å²) in [6.07, 6.45) is 0.989. The molecule has 1 aliphatic rings. The van der Waals surface area contributed by atoms with Gasteiger partial charge >= 0.3 is 0 Å². The monoisotopic (exact) mass is 292 g/mol. The van der Waals surface area contributed by atoms with Gasteiger partial charge in [-0.1, -0.05) is 0 Å². The molecule has 0 aliphatic carbocycles. The Morgan fingerprint density at radius 3 is 3.10 bits per heavy atom. The number of anilines is 1. The van der Waals surface area contributed by atoms with E-state index >= 15 is 0 Å². The fraction of sp³-hybridized carbons (Fsp3) is 0.231. The number of hydrogen-bond acceptors (Lipinski definition) is 6. The first kappa shape index (κ1) is 12.7. The van der Waals surface area contributed by atoms with Crippen LogP contribution >= 0.6 is 11.3 Å². The highest BCUT2D eigenvalue weighted by Crippen LogP contribution is 2.35.